The van der Waals surface area contributed by atoms with E-state index in [1.54, 1.807) is 31.6 Å². The van der Waals surface area contributed by atoms with Crippen molar-refractivity contribution >= 4 is 17.5 Å². The van der Waals surface area contributed by atoms with Crippen LogP contribution < -0.4 is 19.7 Å². The highest BCUT2D eigenvalue weighted by Gasteiger charge is 2.25. The molecule has 9 nitrogen and oxygen atoms in total. The third-order valence-corrected chi connectivity index (χ3v) is 5.01. The Labute approximate surface area is 185 Å². The van der Waals surface area contributed by atoms with E-state index in [-0.39, 0.29) is 18.0 Å². The van der Waals surface area contributed by atoms with Gasteiger partial charge in [-0.05, 0) is 26.0 Å². The van der Waals surface area contributed by atoms with Gasteiger partial charge in [0.2, 0.25) is 17.7 Å². The first-order valence-electron chi connectivity index (χ1n) is 10.2. The molecule has 0 unspecified atom stereocenters. The minimum absolute atomic E-state index is 0.0305. The number of morpholine rings is 1. The second kappa shape index (κ2) is 9.31. The van der Waals surface area contributed by atoms with Crippen LogP contribution in [0.5, 0.6) is 11.8 Å². The molecular formula is C22H25FN6O3. The van der Waals surface area contributed by atoms with Gasteiger partial charge in [0.25, 0.3) is 0 Å². The summed E-state index contributed by atoms with van der Waals surface area (Å²) in [4.78, 5) is 19.1. The number of anilines is 3. The van der Waals surface area contributed by atoms with Gasteiger partial charge in [-0.3, -0.25) is 0 Å². The standard InChI is InChI=1S/C22H25FN6O3/c1-13-11-29(12-14(2)32-13)22-26-10-17(23)20(28-22)27-18-7-16(9-25-21(18)31-4)15-5-6-19(30-3)24-8-15/h5-10,13-14H,11-12H2,1-4H3,(H,26,27,28)/t13-,14+. The van der Waals surface area contributed by atoms with Crippen LogP contribution in [0.2, 0.25) is 0 Å². The van der Waals surface area contributed by atoms with Crippen molar-refractivity contribution in [3.63, 3.8) is 0 Å². The van der Waals surface area contributed by atoms with Crippen molar-refractivity contribution in [3.05, 3.63) is 42.6 Å². The molecule has 1 fully saturated rings. The Morgan fingerprint density at radius 3 is 2.41 bits per heavy atom. The summed E-state index contributed by atoms with van der Waals surface area (Å²) < 4.78 is 30.8. The first-order valence-corrected chi connectivity index (χ1v) is 10.2. The predicted octanol–water partition coefficient (Wildman–Crippen LogP) is 3.45. The lowest BCUT2D eigenvalue weighted by molar-refractivity contribution is -0.00572. The van der Waals surface area contributed by atoms with Gasteiger partial charge in [-0.15, -0.1) is 0 Å². The van der Waals surface area contributed by atoms with Gasteiger partial charge < -0.3 is 24.4 Å². The molecule has 168 valence electrons. The molecule has 0 radical (unpaired) electrons. The molecular weight excluding hydrogens is 415 g/mol. The summed E-state index contributed by atoms with van der Waals surface area (Å²) in [5, 5.41) is 3.01. The van der Waals surface area contributed by atoms with Crippen molar-refractivity contribution in [2.75, 3.05) is 37.5 Å². The maximum Gasteiger partial charge on any atom is 0.237 e. The van der Waals surface area contributed by atoms with E-state index in [9.17, 15) is 4.39 Å². The van der Waals surface area contributed by atoms with Crippen LogP contribution in [0.3, 0.4) is 0 Å². The van der Waals surface area contributed by atoms with E-state index < -0.39 is 5.82 Å². The van der Waals surface area contributed by atoms with Crippen molar-refractivity contribution < 1.29 is 18.6 Å². The molecule has 2 atom stereocenters. The zero-order valence-corrected chi connectivity index (χ0v) is 18.4. The van der Waals surface area contributed by atoms with E-state index in [0.29, 0.717) is 36.5 Å². The molecule has 10 heteroatoms. The molecule has 32 heavy (non-hydrogen) atoms. The second-order valence-corrected chi connectivity index (χ2v) is 7.52. The largest absolute Gasteiger partial charge is 0.481 e. The Kier molecular flexibility index (Phi) is 6.31. The van der Waals surface area contributed by atoms with Crippen LogP contribution in [0.15, 0.2) is 36.8 Å². The van der Waals surface area contributed by atoms with Crippen LogP contribution in [0.1, 0.15) is 13.8 Å². The van der Waals surface area contributed by atoms with Gasteiger partial charge in [0.05, 0.1) is 32.6 Å². The van der Waals surface area contributed by atoms with Crippen LogP contribution in [0.25, 0.3) is 11.1 Å². The number of nitrogens with one attached hydrogen (secondary N) is 1. The van der Waals surface area contributed by atoms with Crippen LogP contribution >= 0.6 is 0 Å². The van der Waals surface area contributed by atoms with Crippen molar-refractivity contribution in [2.24, 2.45) is 0 Å². The number of nitrogens with zero attached hydrogens (tertiary/aromatic N) is 5. The van der Waals surface area contributed by atoms with Crippen molar-refractivity contribution in [1.82, 2.24) is 19.9 Å². The maximum atomic E-state index is 14.6. The molecule has 1 N–H and O–H groups in total. The fourth-order valence-corrected chi connectivity index (χ4v) is 3.60. The molecule has 3 aromatic rings. The zero-order chi connectivity index (χ0) is 22.7. The Bertz CT molecular complexity index is 1070. The molecule has 0 bridgehead atoms. The Balaban J connectivity index is 1.64. The van der Waals surface area contributed by atoms with E-state index in [1.807, 2.05) is 24.8 Å². The highest BCUT2D eigenvalue weighted by Crippen LogP contribution is 2.31. The summed E-state index contributed by atoms with van der Waals surface area (Å²) in [6, 6.07) is 5.42. The Morgan fingerprint density at radius 2 is 1.75 bits per heavy atom. The van der Waals surface area contributed by atoms with E-state index in [4.69, 9.17) is 14.2 Å². The van der Waals surface area contributed by atoms with Crippen LogP contribution in [-0.2, 0) is 4.74 Å². The minimum atomic E-state index is -0.582. The number of rotatable bonds is 6. The fraction of sp³-hybridized carbons (Fsp3) is 0.364. The number of hydrogen-bond donors (Lipinski definition) is 1. The SMILES string of the molecule is COc1ccc(-c2cnc(OC)c(Nc3nc(N4C[C@@H](C)O[C@@H](C)C4)ncc3F)c2)cn1. The second-order valence-electron chi connectivity index (χ2n) is 7.52. The molecule has 1 aliphatic heterocycles. The molecule has 1 aliphatic rings. The summed E-state index contributed by atoms with van der Waals surface area (Å²) in [7, 11) is 3.06. The normalized spacial score (nSPS) is 18.3. The molecule has 4 heterocycles. The zero-order valence-electron chi connectivity index (χ0n) is 18.4. The molecule has 0 saturated carbocycles. The van der Waals surface area contributed by atoms with E-state index in [0.717, 1.165) is 17.3 Å². The van der Waals surface area contributed by atoms with Gasteiger partial charge in [-0.1, -0.05) is 0 Å². The van der Waals surface area contributed by atoms with Gasteiger partial charge in [-0.2, -0.15) is 4.98 Å². The lowest BCUT2D eigenvalue weighted by Crippen LogP contribution is -2.46. The summed E-state index contributed by atoms with van der Waals surface area (Å²) in [6.45, 7) is 5.23. The molecule has 0 amide bonds. The third kappa shape index (κ3) is 4.70. The van der Waals surface area contributed by atoms with Gasteiger partial charge in [0.1, 0.15) is 5.69 Å². The number of methoxy groups -OCH3 is 2. The quantitative estimate of drug-likeness (QED) is 0.618. The summed E-state index contributed by atoms with van der Waals surface area (Å²) in [6.07, 6.45) is 4.56. The maximum absolute atomic E-state index is 14.6. The van der Waals surface area contributed by atoms with Crippen LogP contribution in [0, 0.1) is 5.82 Å². The molecule has 0 aliphatic carbocycles. The highest BCUT2D eigenvalue weighted by molar-refractivity contribution is 5.72. The average molecular weight is 440 g/mol. The lowest BCUT2D eigenvalue weighted by Gasteiger charge is -2.35. The Hall–Kier alpha value is -3.53. The predicted molar refractivity (Wildman–Crippen MR) is 118 cm³/mol. The Morgan fingerprint density at radius 1 is 1.00 bits per heavy atom. The van der Waals surface area contributed by atoms with Gasteiger partial charge in [0, 0.05) is 42.7 Å². The first-order chi connectivity index (χ1) is 15.5. The molecule has 1 saturated heterocycles. The van der Waals surface area contributed by atoms with Crippen molar-refractivity contribution in [2.45, 2.75) is 26.1 Å². The van der Waals surface area contributed by atoms with Crippen molar-refractivity contribution in [1.29, 1.82) is 0 Å². The third-order valence-electron chi connectivity index (χ3n) is 5.01. The topological polar surface area (TPSA) is 94.5 Å². The van der Waals surface area contributed by atoms with Crippen LogP contribution in [0.4, 0.5) is 21.8 Å². The smallest absolute Gasteiger partial charge is 0.237 e. The number of ether oxygens (including phenoxy) is 3. The average Bonchev–Trinajstić information content (AvgIpc) is 2.80. The first kappa shape index (κ1) is 21.7. The van der Waals surface area contributed by atoms with Gasteiger partial charge in [0.15, 0.2) is 11.6 Å². The van der Waals surface area contributed by atoms with E-state index in [1.165, 1.54) is 7.11 Å². The number of hydrogen-bond acceptors (Lipinski definition) is 9. The summed E-state index contributed by atoms with van der Waals surface area (Å²) in [5.74, 6) is 0.700. The number of halogens is 1. The molecule has 0 aromatic carbocycles. The fourth-order valence-electron chi connectivity index (χ4n) is 3.60. The number of pyridine rings is 2. The summed E-state index contributed by atoms with van der Waals surface area (Å²) >= 11 is 0. The van der Waals surface area contributed by atoms with Gasteiger partial charge >= 0.3 is 0 Å². The highest BCUT2D eigenvalue weighted by atomic mass is 19.1. The van der Waals surface area contributed by atoms with Gasteiger partial charge in [-0.25, -0.2) is 19.3 Å². The van der Waals surface area contributed by atoms with E-state index in [2.05, 4.69) is 25.3 Å². The number of aromatic nitrogens is 4. The van der Waals surface area contributed by atoms with E-state index >= 15 is 0 Å². The van der Waals surface area contributed by atoms with Crippen molar-refractivity contribution in [3.8, 4) is 22.9 Å². The lowest BCUT2D eigenvalue weighted by atomic mass is 10.1. The minimum Gasteiger partial charge on any atom is -0.481 e. The monoisotopic (exact) mass is 440 g/mol. The molecule has 4 rings (SSSR count). The molecule has 0 spiro atoms. The van der Waals surface area contributed by atoms with Crippen LogP contribution in [-0.4, -0.2) is 59.5 Å². The summed E-state index contributed by atoms with van der Waals surface area (Å²) in [5.41, 5.74) is 2.06. The molecule has 3 aromatic heterocycles.